The van der Waals surface area contributed by atoms with E-state index in [4.69, 9.17) is 9.47 Å². The normalized spacial score (nSPS) is 12.3. The third-order valence-electron chi connectivity index (χ3n) is 6.37. The molecule has 9 nitrogen and oxygen atoms in total. The number of anilines is 1. The molecule has 41 heavy (non-hydrogen) atoms. The van der Waals surface area contributed by atoms with Crippen molar-refractivity contribution in [2.45, 2.75) is 57.6 Å². The highest BCUT2D eigenvalue weighted by atomic mass is 32.2. The molecule has 0 aliphatic carbocycles. The summed E-state index contributed by atoms with van der Waals surface area (Å²) in [5, 5.41) is 2.93. The van der Waals surface area contributed by atoms with Crippen molar-refractivity contribution in [3.63, 3.8) is 0 Å². The molecule has 1 unspecified atom stereocenters. The maximum Gasteiger partial charge on any atom is 0.264 e. The Kier molecular flexibility index (Phi) is 10.0. The molecule has 0 heterocycles. The molecule has 0 fully saturated rings. The van der Waals surface area contributed by atoms with Gasteiger partial charge in [0.25, 0.3) is 10.0 Å². The topological polar surface area (TPSA) is 105 Å². The predicted octanol–water partition coefficient (Wildman–Crippen LogP) is 4.54. The molecule has 1 atom stereocenters. The number of carbonyl (C=O) groups excluding carboxylic acids is 2. The summed E-state index contributed by atoms with van der Waals surface area (Å²) >= 11 is 0. The summed E-state index contributed by atoms with van der Waals surface area (Å²) in [5.41, 5.74) is 1.61. The van der Waals surface area contributed by atoms with Gasteiger partial charge in [-0.2, -0.15) is 0 Å². The average molecular weight is 582 g/mol. The quantitative estimate of drug-likeness (QED) is 0.357. The Morgan fingerprint density at radius 1 is 0.902 bits per heavy atom. The number of hydrogen-bond acceptors (Lipinski definition) is 6. The number of sulfonamides is 1. The third kappa shape index (κ3) is 8.00. The SMILES string of the molecule is COc1ccc(S(=O)(=O)N(CC(=O)N(Cc2cccc(C)c2)C(C)C(=O)NC(C)(C)C)c2ccccc2)cc1OC. The monoisotopic (exact) mass is 581 g/mol. The van der Waals surface area contributed by atoms with Gasteiger partial charge in [0.1, 0.15) is 12.6 Å². The van der Waals surface area contributed by atoms with E-state index in [0.29, 0.717) is 11.4 Å². The highest BCUT2D eigenvalue weighted by Crippen LogP contribution is 2.32. The lowest BCUT2D eigenvalue weighted by molar-refractivity contribution is -0.140. The fourth-order valence-electron chi connectivity index (χ4n) is 4.29. The fourth-order valence-corrected chi connectivity index (χ4v) is 5.72. The molecular weight excluding hydrogens is 542 g/mol. The van der Waals surface area contributed by atoms with Crippen LogP contribution in [0.15, 0.2) is 77.7 Å². The van der Waals surface area contributed by atoms with E-state index in [9.17, 15) is 18.0 Å². The first-order valence-corrected chi connectivity index (χ1v) is 14.7. The number of amides is 2. The Bertz CT molecular complexity index is 1470. The molecule has 3 aromatic carbocycles. The number of benzene rings is 3. The van der Waals surface area contributed by atoms with E-state index in [-0.39, 0.29) is 23.1 Å². The largest absolute Gasteiger partial charge is 0.493 e. The molecule has 0 aliphatic rings. The summed E-state index contributed by atoms with van der Waals surface area (Å²) in [6.07, 6.45) is 0. The first-order valence-electron chi connectivity index (χ1n) is 13.2. The summed E-state index contributed by atoms with van der Waals surface area (Å²) < 4.78 is 39.7. The van der Waals surface area contributed by atoms with Crippen molar-refractivity contribution in [1.29, 1.82) is 0 Å². The van der Waals surface area contributed by atoms with Crippen LogP contribution in [0.1, 0.15) is 38.8 Å². The first kappa shape index (κ1) is 31.5. The van der Waals surface area contributed by atoms with E-state index in [1.54, 1.807) is 37.3 Å². The Balaban J connectivity index is 2.05. The van der Waals surface area contributed by atoms with Crippen molar-refractivity contribution >= 4 is 27.5 Å². The second-order valence-corrected chi connectivity index (χ2v) is 12.7. The van der Waals surface area contributed by atoms with Crippen LogP contribution < -0.4 is 19.1 Å². The maximum absolute atomic E-state index is 14.0. The number of carbonyl (C=O) groups is 2. The molecule has 0 radical (unpaired) electrons. The Hall–Kier alpha value is -4.05. The van der Waals surface area contributed by atoms with Crippen LogP contribution >= 0.6 is 0 Å². The van der Waals surface area contributed by atoms with Gasteiger partial charge in [-0.25, -0.2) is 8.42 Å². The molecule has 0 aliphatic heterocycles. The molecule has 0 bridgehead atoms. The molecule has 2 amide bonds. The lowest BCUT2D eigenvalue weighted by atomic mass is 10.1. The number of ether oxygens (including phenoxy) is 2. The van der Waals surface area contributed by atoms with E-state index in [2.05, 4.69) is 5.32 Å². The van der Waals surface area contributed by atoms with E-state index in [0.717, 1.165) is 15.4 Å². The minimum absolute atomic E-state index is 0.0736. The van der Waals surface area contributed by atoms with Gasteiger partial charge in [-0.05, 0) is 64.4 Å². The summed E-state index contributed by atoms with van der Waals surface area (Å²) in [5.74, 6) is -0.262. The van der Waals surface area contributed by atoms with E-state index in [1.807, 2.05) is 52.0 Å². The maximum atomic E-state index is 14.0. The average Bonchev–Trinajstić information content (AvgIpc) is 2.93. The number of rotatable bonds is 11. The Morgan fingerprint density at radius 3 is 2.15 bits per heavy atom. The fraction of sp³-hybridized carbons (Fsp3) is 0.355. The smallest absolute Gasteiger partial charge is 0.264 e. The van der Waals surface area contributed by atoms with Crippen molar-refractivity contribution in [3.8, 4) is 11.5 Å². The van der Waals surface area contributed by atoms with Crippen LogP contribution in [0.4, 0.5) is 5.69 Å². The van der Waals surface area contributed by atoms with Gasteiger partial charge in [-0.3, -0.25) is 13.9 Å². The lowest BCUT2D eigenvalue weighted by Gasteiger charge is -2.33. The van der Waals surface area contributed by atoms with Gasteiger partial charge in [0.15, 0.2) is 11.5 Å². The van der Waals surface area contributed by atoms with Gasteiger partial charge in [0, 0.05) is 18.2 Å². The number of aryl methyl sites for hydroxylation is 1. The van der Waals surface area contributed by atoms with Crippen LogP contribution in [-0.4, -0.2) is 57.5 Å². The number of hydrogen-bond donors (Lipinski definition) is 1. The zero-order chi connectivity index (χ0) is 30.4. The molecule has 1 N–H and O–H groups in total. The molecule has 220 valence electrons. The number of nitrogens with one attached hydrogen (secondary N) is 1. The molecule has 0 spiro atoms. The summed E-state index contributed by atoms with van der Waals surface area (Å²) in [4.78, 5) is 28.6. The minimum Gasteiger partial charge on any atom is -0.493 e. The van der Waals surface area contributed by atoms with Gasteiger partial charge in [-0.15, -0.1) is 0 Å². The minimum atomic E-state index is -4.24. The third-order valence-corrected chi connectivity index (χ3v) is 8.14. The van der Waals surface area contributed by atoms with Gasteiger partial charge in [0.2, 0.25) is 11.8 Å². The standard InChI is InChI=1S/C31H39N3O6S/c1-22-12-11-13-24(18-22)20-33(23(2)30(36)32-31(3,4)5)29(35)21-34(25-14-9-8-10-15-25)41(37,38)26-16-17-27(39-6)28(19-26)40-7/h8-19,23H,20-21H2,1-7H3,(H,32,36). The first-order chi connectivity index (χ1) is 19.3. The van der Waals surface area contributed by atoms with Crippen molar-refractivity contribution in [3.05, 3.63) is 83.9 Å². The van der Waals surface area contributed by atoms with E-state index >= 15 is 0 Å². The van der Waals surface area contributed by atoms with Gasteiger partial charge in [-0.1, -0.05) is 48.0 Å². The van der Waals surface area contributed by atoms with Crippen LogP contribution in [0, 0.1) is 6.92 Å². The van der Waals surface area contributed by atoms with Crippen LogP contribution in [0.3, 0.4) is 0 Å². The van der Waals surface area contributed by atoms with Crippen LogP contribution in [-0.2, 0) is 26.2 Å². The predicted molar refractivity (Wildman–Crippen MR) is 160 cm³/mol. The van der Waals surface area contributed by atoms with Crippen LogP contribution in [0.25, 0.3) is 0 Å². The molecule has 0 saturated heterocycles. The van der Waals surface area contributed by atoms with E-state index in [1.165, 1.54) is 37.3 Å². The highest BCUT2D eigenvalue weighted by molar-refractivity contribution is 7.92. The lowest BCUT2D eigenvalue weighted by Crippen LogP contribution is -2.54. The van der Waals surface area contributed by atoms with E-state index < -0.39 is 34.1 Å². The highest BCUT2D eigenvalue weighted by Gasteiger charge is 2.33. The zero-order valence-electron chi connectivity index (χ0n) is 24.7. The van der Waals surface area contributed by atoms with Crippen molar-refractivity contribution < 1.29 is 27.5 Å². The van der Waals surface area contributed by atoms with Gasteiger partial charge in [0.05, 0.1) is 24.8 Å². The van der Waals surface area contributed by atoms with Crippen molar-refractivity contribution in [2.75, 3.05) is 25.1 Å². The molecule has 0 aromatic heterocycles. The second-order valence-electron chi connectivity index (χ2n) is 10.8. The molecular formula is C31H39N3O6S. The number of methoxy groups -OCH3 is 2. The van der Waals surface area contributed by atoms with Gasteiger partial charge < -0.3 is 19.7 Å². The second kappa shape index (κ2) is 13.1. The zero-order valence-corrected chi connectivity index (χ0v) is 25.5. The van der Waals surface area contributed by atoms with Crippen LogP contribution in [0.5, 0.6) is 11.5 Å². The summed E-state index contributed by atoms with van der Waals surface area (Å²) in [7, 11) is -1.37. The molecule has 10 heteroatoms. The Morgan fingerprint density at radius 2 is 1.56 bits per heavy atom. The summed E-state index contributed by atoms with van der Waals surface area (Å²) in [6.45, 7) is 8.76. The van der Waals surface area contributed by atoms with Gasteiger partial charge >= 0.3 is 0 Å². The van der Waals surface area contributed by atoms with Crippen LogP contribution in [0.2, 0.25) is 0 Å². The Labute approximate surface area is 243 Å². The van der Waals surface area contributed by atoms with Crippen molar-refractivity contribution in [1.82, 2.24) is 10.2 Å². The van der Waals surface area contributed by atoms with Crippen molar-refractivity contribution in [2.24, 2.45) is 0 Å². The molecule has 3 aromatic rings. The number of nitrogens with zero attached hydrogens (tertiary/aromatic N) is 2. The number of para-hydroxylation sites is 1. The summed E-state index contributed by atoms with van der Waals surface area (Å²) in [6, 6.07) is 19.4. The molecule has 3 rings (SSSR count). The molecule has 0 saturated carbocycles.